The number of nitrogens with zero attached hydrogens (tertiary/aromatic N) is 1. The van der Waals surface area contributed by atoms with Crippen molar-refractivity contribution >= 4 is 35.3 Å². The summed E-state index contributed by atoms with van der Waals surface area (Å²) in [5.41, 5.74) is 1.48. The Kier molecular flexibility index (Phi) is 11.6. The first-order valence-corrected chi connectivity index (χ1v) is 13.5. The van der Waals surface area contributed by atoms with Crippen molar-refractivity contribution in [2.24, 2.45) is 16.3 Å². The molecule has 5 heteroatoms. The van der Waals surface area contributed by atoms with Gasteiger partial charge >= 0.3 is 0 Å². The zero-order valence-corrected chi connectivity index (χ0v) is 20.6. The molecule has 1 heterocycles. The Balaban J connectivity index is 1.89. The molecule has 0 aromatic rings. The molecular weight excluding hydrogens is 398 g/mol. The van der Waals surface area contributed by atoms with Crippen molar-refractivity contribution < 1.29 is 0 Å². The minimum atomic E-state index is 0.0890. The molecule has 0 saturated heterocycles. The van der Waals surface area contributed by atoms with Crippen molar-refractivity contribution in [1.29, 1.82) is 5.41 Å². The van der Waals surface area contributed by atoms with Crippen molar-refractivity contribution in [3.05, 3.63) is 0 Å². The van der Waals surface area contributed by atoms with E-state index in [1.54, 1.807) is 0 Å². The average Bonchev–Trinajstić information content (AvgIpc) is 3.07. The van der Waals surface area contributed by atoms with Gasteiger partial charge in [0.25, 0.3) is 0 Å². The summed E-state index contributed by atoms with van der Waals surface area (Å²) < 4.78 is 0. The summed E-state index contributed by atoms with van der Waals surface area (Å²) in [7, 11) is 0. The second-order valence-electron chi connectivity index (χ2n) is 9.55. The number of thioether (sulfide) groups is 1. The Bertz CT molecular complexity index is 498. The van der Waals surface area contributed by atoms with Crippen LogP contribution in [0, 0.1) is 16.7 Å². The fourth-order valence-corrected chi connectivity index (χ4v) is 6.87. The van der Waals surface area contributed by atoms with Gasteiger partial charge in [-0.25, -0.2) is 0 Å². The van der Waals surface area contributed by atoms with Crippen molar-refractivity contribution in [3.8, 4) is 0 Å². The molecule has 1 fully saturated rings. The molecule has 2 rings (SSSR count). The molecule has 0 bridgehead atoms. The van der Waals surface area contributed by atoms with Gasteiger partial charge in [0.15, 0.2) is 0 Å². The highest BCUT2D eigenvalue weighted by Crippen LogP contribution is 2.43. The third-order valence-electron chi connectivity index (χ3n) is 7.01. The third kappa shape index (κ3) is 8.53. The second-order valence-corrected chi connectivity index (χ2v) is 11.6. The van der Waals surface area contributed by atoms with Crippen LogP contribution >= 0.6 is 23.4 Å². The van der Waals surface area contributed by atoms with Crippen molar-refractivity contribution in [1.82, 2.24) is 5.32 Å². The van der Waals surface area contributed by atoms with Gasteiger partial charge in [-0.15, -0.1) is 23.4 Å². The summed E-state index contributed by atoms with van der Waals surface area (Å²) in [6, 6.07) is 0. The maximum Gasteiger partial charge on any atom is 0.147 e. The molecule has 0 amide bonds. The number of alkyl halides is 1. The second kappa shape index (κ2) is 13.4. The number of aliphatic imine (C=N–C) groups is 1. The van der Waals surface area contributed by atoms with E-state index in [9.17, 15) is 0 Å². The van der Waals surface area contributed by atoms with Crippen LogP contribution in [0.3, 0.4) is 0 Å². The molecule has 2 N–H and O–H groups in total. The molecule has 1 saturated carbocycles. The first-order valence-electron chi connectivity index (χ1n) is 12.1. The first kappa shape index (κ1) is 25.2. The normalized spacial score (nSPS) is 27.8. The lowest BCUT2D eigenvalue weighted by Crippen LogP contribution is -2.33. The summed E-state index contributed by atoms with van der Waals surface area (Å²) in [6.07, 6.45) is 19.0. The van der Waals surface area contributed by atoms with Crippen LogP contribution < -0.4 is 5.32 Å². The molecule has 0 aromatic heterocycles. The standard InChI is InChI=1S/C24H44ClN3S/c1-4-12-20(24(3)14-10-8-6-5-7-9-11-15-24)13-16-27-23-28-21(18-26)22(29-23)17-19(2)25/h18-20,22-23,26-27H,4-17H2,1-3H3. The van der Waals surface area contributed by atoms with E-state index in [-0.39, 0.29) is 16.1 Å². The zero-order chi connectivity index (χ0) is 21.1. The van der Waals surface area contributed by atoms with E-state index in [2.05, 4.69) is 19.2 Å². The SMILES string of the molecule is CCCC(CCNC1N=C(C=N)C(CC(C)Cl)S1)C1(C)CCCCCCCCC1. The summed E-state index contributed by atoms with van der Waals surface area (Å²) in [5, 5.41) is 11.7. The van der Waals surface area contributed by atoms with Gasteiger partial charge in [0, 0.05) is 11.6 Å². The average molecular weight is 442 g/mol. The van der Waals surface area contributed by atoms with Gasteiger partial charge in [0.05, 0.1) is 11.0 Å². The Morgan fingerprint density at radius 2 is 1.79 bits per heavy atom. The predicted molar refractivity (Wildman–Crippen MR) is 132 cm³/mol. The van der Waals surface area contributed by atoms with E-state index in [1.807, 2.05) is 18.7 Å². The van der Waals surface area contributed by atoms with Crippen LogP contribution in [0.2, 0.25) is 0 Å². The number of halogens is 1. The van der Waals surface area contributed by atoms with Gasteiger partial charge in [-0.3, -0.25) is 10.3 Å². The lowest BCUT2D eigenvalue weighted by Gasteiger charge is -2.39. The minimum Gasteiger partial charge on any atom is -0.307 e. The lowest BCUT2D eigenvalue weighted by molar-refractivity contribution is 0.121. The zero-order valence-electron chi connectivity index (χ0n) is 19.0. The highest BCUT2D eigenvalue weighted by Gasteiger charge is 2.33. The van der Waals surface area contributed by atoms with Gasteiger partial charge in [0.2, 0.25) is 0 Å². The Morgan fingerprint density at radius 3 is 2.34 bits per heavy atom. The van der Waals surface area contributed by atoms with Gasteiger partial charge < -0.3 is 5.41 Å². The van der Waals surface area contributed by atoms with Crippen LogP contribution in [-0.2, 0) is 0 Å². The number of rotatable bonds is 10. The number of nitrogens with one attached hydrogen (secondary N) is 2. The predicted octanol–water partition coefficient (Wildman–Crippen LogP) is 7.42. The Hall–Kier alpha value is -0.0600. The molecule has 4 atom stereocenters. The molecule has 1 aliphatic carbocycles. The van der Waals surface area contributed by atoms with Gasteiger partial charge in [-0.1, -0.05) is 71.6 Å². The minimum absolute atomic E-state index is 0.0890. The van der Waals surface area contributed by atoms with Gasteiger partial charge in [0.1, 0.15) is 5.50 Å². The van der Waals surface area contributed by atoms with Crippen LogP contribution in [-0.4, -0.2) is 34.6 Å². The Morgan fingerprint density at radius 1 is 1.17 bits per heavy atom. The molecular formula is C24H44ClN3S. The molecule has 168 valence electrons. The molecule has 3 nitrogen and oxygen atoms in total. The largest absolute Gasteiger partial charge is 0.307 e. The van der Waals surface area contributed by atoms with E-state index in [1.165, 1.54) is 83.3 Å². The molecule has 0 radical (unpaired) electrons. The molecule has 0 aromatic carbocycles. The smallest absolute Gasteiger partial charge is 0.147 e. The van der Waals surface area contributed by atoms with E-state index < -0.39 is 0 Å². The fourth-order valence-electron chi connectivity index (χ4n) is 5.22. The summed E-state index contributed by atoms with van der Waals surface area (Å²) in [4.78, 5) is 4.73. The monoisotopic (exact) mass is 441 g/mol. The van der Waals surface area contributed by atoms with Crippen molar-refractivity contribution in [2.75, 3.05) is 6.54 Å². The molecule has 29 heavy (non-hydrogen) atoms. The van der Waals surface area contributed by atoms with Crippen LogP contribution in [0.25, 0.3) is 0 Å². The van der Waals surface area contributed by atoms with Crippen molar-refractivity contribution in [3.63, 3.8) is 0 Å². The number of hydrogen-bond donors (Lipinski definition) is 2. The van der Waals surface area contributed by atoms with Crippen LogP contribution in [0.4, 0.5) is 0 Å². The van der Waals surface area contributed by atoms with E-state index in [4.69, 9.17) is 22.0 Å². The number of hydrogen-bond acceptors (Lipinski definition) is 4. The summed E-state index contributed by atoms with van der Waals surface area (Å²) in [5.74, 6) is 0.802. The molecule has 1 aliphatic heterocycles. The van der Waals surface area contributed by atoms with Gasteiger partial charge in [-0.2, -0.15) is 0 Å². The van der Waals surface area contributed by atoms with Crippen LogP contribution in [0.1, 0.15) is 104 Å². The van der Waals surface area contributed by atoms with E-state index in [0.29, 0.717) is 5.41 Å². The van der Waals surface area contributed by atoms with Crippen molar-refractivity contribution in [2.45, 2.75) is 120 Å². The van der Waals surface area contributed by atoms with E-state index in [0.717, 1.165) is 24.6 Å². The fraction of sp³-hybridized carbons (Fsp3) is 0.917. The van der Waals surface area contributed by atoms with Crippen LogP contribution in [0.15, 0.2) is 4.99 Å². The Labute approximate surface area is 189 Å². The lowest BCUT2D eigenvalue weighted by atomic mass is 9.67. The van der Waals surface area contributed by atoms with E-state index >= 15 is 0 Å². The van der Waals surface area contributed by atoms with Gasteiger partial charge in [-0.05, 0) is 50.5 Å². The maximum absolute atomic E-state index is 7.66. The molecule has 4 unspecified atom stereocenters. The molecule has 2 aliphatic rings. The summed E-state index contributed by atoms with van der Waals surface area (Å²) in [6.45, 7) is 7.98. The highest BCUT2D eigenvalue weighted by atomic mass is 35.5. The quantitative estimate of drug-likeness (QED) is 0.273. The highest BCUT2D eigenvalue weighted by molar-refractivity contribution is 8.01. The molecule has 0 spiro atoms. The van der Waals surface area contributed by atoms with Crippen LogP contribution in [0.5, 0.6) is 0 Å². The summed E-state index contributed by atoms with van der Waals surface area (Å²) >= 11 is 8.02. The topological polar surface area (TPSA) is 48.2 Å². The third-order valence-corrected chi connectivity index (χ3v) is 8.48. The first-order chi connectivity index (χ1) is 14.0. The maximum atomic E-state index is 7.66.